The Morgan fingerprint density at radius 2 is 2.26 bits per heavy atom. The fourth-order valence-corrected chi connectivity index (χ4v) is 3.31. The van der Waals surface area contributed by atoms with E-state index >= 15 is 0 Å². The standard InChI is InChI=1S/C16H27N3/c1-3-11-19-12-7-5-8-14(13-17-2)16(19)15-9-4-6-10-18-15/h4,6,9-10,14,16-17H,3,5,7-8,11-13H2,1-2H3. The fourth-order valence-electron chi connectivity index (χ4n) is 3.31. The number of hydrogen-bond donors (Lipinski definition) is 1. The van der Waals surface area contributed by atoms with Crippen LogP contribution in [0, 0.1) is 5.92 Å². The molecule has 1 aliphatic rings. The van der Waals surface area contributed by atoms with Gasteiger partial charge in [0.2, 0.25) is 0 Å². The van der Waals surface area contributed by atoms with Crippen LogP contribution in [0.4, 0.5) is 0 Å². The molecule has 106 valence electrons. The maximum absolute atomic E-state index is 4.64. The van der Waals surface area contributed by atoms with E-state index in [9.17, 15) is 0 Å². The normalized spacial score (nSPS) is 25.2. The van der Waals surface area contributed by atoms with Gasteiger partial charge in [-0.25, -0.2) is 0 Å². The quantitative estimate of drug-likeness (QED) is 0.883. The summed E-state index contributed by atoms with van der Waals surface area (Å²) in [5.41, 5.74) is 1.25. The molecule has 2 rings (SSSR count). The maximum Gasteiger partial charge on any atom is 0.0578 e. The van der Waals surface area contributed by atoms with Gasteiger partial charge in [-0.3, -0.25) is 9.88 Å². The smallest absolute Gasteiger partial charge is 0.0578 e. The van der Waals surface area contributed by atoms with E-state index < -0.39 is 0 Å². The van der Waals surface area contributed by atoms with Crippen molar-refractivity contribution in [1.82, 2.24) is 15.2 Å². The van der Waals surface area contributed by atoms with Crippen LogP contribution in [0.1, 0.15) is 44.3 Å². The Kier molecular flexibility index (Phi) is 5.80. The minimum Gasteiger partial charge on any atom is -0.319 e. The van der Waals surface area contributed by atoms with Crippen molar-refractivity contribution in [3.05, 3.63) is 30.1 Å². The number of pyridine rings is 1. The molecule has 0 bridgehead atoms. The van der Waals surface area contributed by atoms with Crippen LogP contribution >= 0.6 is 0 Å². The van der Waals surface area contributed by atoms with Crippen molar-refractivity contribution < 1.29 is 0 Å². The molecule has 1 fully saturated rings. The van der Waals surface area contributed by atoms with Crippen molar-refractivity contribution in [2.24, 2.45) is 5.92 Å². The maximum atomic E-state index is 4.64. The second-order valence-electron chi connectivity index (χ2n) is 5.55. The van der Waals surface area contributed by atoms with Gasteiger partial charge < -0.3 is 5.32 Å². The van der Waals surface area contributed by atoms with E-state index in [1.807, 2.05) is 12.3 Å². The first-order valence-electron chi connectivity index (χ1n) is 7.66. The molecule has 1 aromatic rings. The zero-order chi connectivity index (χ0) is 13.5. The summed E-state index contributed by atoms with van der Waals surface area (Å²) in [5.74, 6) is 0.675. The van der Waals surface area contributed by atoms with Gasteiger partial charge in [-0.2, -0.15) is 0 Å². The third kappa shape index (κ3) is 3.77. The number of nitrogens with zero attached hydrogens (tertiary/aromatic N) is 2. The first kappa shape index (κ1) is 14.5. The van der Waals surface area contributed by atoms with E-state index in [0.717, 1.165) is 6.54 Å². The Hall–Kier alpha value is -0.930. The number of aromatic nitrogens is 1. The zero-order valence-corrected chi connectivity index (χ0v) is 12.3. The summed E-state index contributed by atoms with van der Waals surface area (Å²) in [6.07, 6.45) is 7.12. The lowest BCUT2D eigenvalue weighted by Crippen LogP contribution is -2.37. The van der Waals surface area contributed by atoms with Gasteiger partial charge in [-0.05, 0) is 64.0 Å². The van der Waals surface area contributed by atoms with Gasteiger partial charge in [0.15, 0.2) is 0 Å². The summed E-state index contributed by atoms with van der Waals surface area (Å²) in [5, 5.41) is 3.37. The Labute approximate surface area is 117 Å². The summed E-state index contributed by atoms with van der Waals surface area (Å²) in [6.45, 7) is 5.76. The molecule has 0 aliphatic carbocycles. The van der Waals surface area contributed by atoms with Crippen LogP contribution in [0.25, 0.3) is 0 Å². The molecular formula is C16H27N3. The number of likely N-dealkylation sites (tertiary alicyclic amines) is 1. The summed E-state index contributed by atoms with van der Waals surface area (Å²) in [7, 11) is 2.06. The SMILES string of the molecule is CCCN1CCCCC(CNC)C1c1ccccn1. The molecule has 2 heterocycles. The second-order valence-corrected chi connectivity index (χ2v) is 5.55. The molecule has 0 aromatic carbocycles. The van der Waals surface area contributed by atoms with Crippen molar-refractivity contribution in [3.8, 4) is 0 Å². The number of rotatable bonds is 5. The molecule has 2 unspecified atom stereocenters. The molecule has 3 nitrogen and oxygen atoms in total. The average molecular weight is 261 g/mol. The van der Waals surface area contributed by atoms with Gasteiger partial charge >= 0.3 is 0 Å². The number of nitrogens with one attached hydrogen (secondary N) is 1. The summed E-state index contributed by atoms with van der Waals surface area (Å²) >= 11 is 0. The lowest BCUT2D eigenvalue weighted by atomic mass is 9.91. The average Bonchev–Trinajstić information content (AvgIpc) is 2.63. The largest absolute Gasteiger partial charge is 0.319 e. The minimum atomic E-state index is 0.482. The fraction of sp³-hybridized carbons (Fsp3) is 0.688. The van der Waals surface area contributed by atoms with Gasteiger partial charge in [0.05, 0.1) is 11.7 Å². The molecule has 0 saturated carbocycles. The summed E-state index contributed by atoms with van der Waals surface area (Å²) in [6, 6.07) is 6.81. The van der Waals surface area contributed by atoms with Crippen molar-refractivity contribution in [1.29, 1.82) is 0 Å². The van der Waals surface area contributed by atoms with Crippen molar-refractivity contribution in [2.75, 3.05) is 26.7 Å². The molecule has 1 saturated heterocycles. The predicted molar refractivity (Wildman–Crippen MR) is 80.1 cm³/mol. The molecule has 3 heteroatoms. The predicted octanol–water partition coefficient (Wildman–Crippen LogP) is 2.85. The highest BCUT2D eigenvalue weighted by Gasteiger charge is 2.30. The third-order valence-electron chi connectivity index (χ3n) is 4.08. The molecule has 0 amide bonds. The summed E-state index contributed by atoms with van der Waals surface area (Å²) < 4.78 is 0. The van der Waals surface area contributed by atoms with Crippen LogP contribution in [-0.2, 0) is 0 Å². The minimum absolute atomic E-state index is 0.482. The van der Waals surface area contributed by atoms with Crippen LogP contribution in [0.15, 0.2) is 24.4 Å². The van der Waals surface area contributed by atoms with Crippen molar-refractivity contribution >= 4 is 0 Å². The van der Waals surface area contributed by atoms with Gasteiger partial charge in [0, 0.05) is 6.20 Å². The van der Waals surface area contributed by atoms with E-state index in [0.29, 0.717) is 12.0 Å². The highest BCUT2D eigenvalue weighted by Crippen LogP contribution is 2.33. The van der Waals surface area contributed by atoms with E-state index in [1.165, 1.54) is 44.5 Å². The molecule has 1 aliphatic heterocycles. The van der Waals surface area contributed by atoms with Crippen molar-refractivity contribution in [2.45, 2.75) is 38.6 Å². The van der Waals surface area contributed by atoms with Gasteiger partial charge in [-0.1, -0.05) is 19.4 Å². The lowest BCUT2D eigenvalue weighted by molar-refractivity contribution is 0.151. The van der Waals surface area contributed by atoms with E-state index in [1.54, 1.807) is 0 Å². The van der Waals surface area contributed by atoms with Crippen LogP contribution < -0.4 is 5.32 Å². The van der Waals surface area contributed by atoms with Gasteiger partial charge in [-0.15, -0.1) is 0 Å². The highest BCUT2D eigenvalue weighted by molar-refractivity contribution is 5.11. The third-order valence-corrected chi connectivity index (χ3v) is 4.08. The van der Waals surface area contributed by atoms with Gasteiger partial charge in [0.25, 0.3) is 0 Å². The molecule has 1 aromatic heterocycles. The van der Waals surface area contributed by atoms with Gasteiger partial charge in [0.1, 0.15) is 0 Å². The molecule has 1 N–H and O–H groups in total. The van der Waals surface area contributed by atoms with Crippen molar-refractivity contribution in [3.63, 3.8) is 0 Å². The van der Waals surface area contributed by atoms with Crippen LogP contribution in [0.5, 0.6) is 0 Å². The van der Waals surface area contributed by atoms with Crippen LogP contribution in [-0.4, -0.2) is 36.6 Å². The Balaban J connectivity index is 2.25. The topological polar surface area (TPSA) is 28.2 Å². The lowest BCUT2D eigenvalue weighted by Gasteiger charge is -2.34. The second kappa shape index (κ2) is 7.61. The van der Waals surface area contributed by atoms with Crippen LogP contribution in [0.2, 0.25) is 0 Å². The molecule has 0 spiro atoms. The zero-order valence-electron chi connectivity index (χ0n) is 12.3. The molecule has 19 heavy (non-hydrogen) atoms. The van der Waals surface area contributed by atoms with E-state index in [2.05, 4.69) is 41.3 Å². The highest BCUT2D eigenvalue weighted by atomic mass is 15.2. The van der Waals surface area contributed by atoms with E-state index in [4.69, 9.17) is 0 Å². The summed E-state index contributed by atoms with van der Waals surface area (Å²) in [4.78, 5) is 7.29. The van der Waals surface area contributed by atoms with Crippen LogP contribution in [0.3, 0.4) is 0 Å². The van der Waals surface area contributed by atoms with E-state index in [-0.39, 0.29) is 0 Å². The Morgan fingerprint density at radius 3 is 2.95 bits per heavy atom. The Bertz CT molecular complexity index is 336. The number of hydrogen-bond acceptors (Lipinski definition) is 3. The molecule has 0 radical (unpaired) electrons. The molecular weight excluding hydrogens is 234 g/mol. The first-order chi connectivity index (χ1) is 9.36. The first-order valence-corrected chi connectivity index (χ1v) is 7.66. The Morgan fingerprint density at radius 1 is 1.37 bits per heavy atom. The monoisotopic (exact) mass is 261 g/mol. The molecule has 2 atom stereocenters.